The number of nitrogens with zero attached hydrogens (tertiary/aromatic N) is 3. The molecule has 1 aromatic carbocycles. The SMILES string of the molecule is CC1CCc2nc(CCc3ccccc3)nn2C1. The molecule has 0 bridgehead atoms. The molecular formula is C15H19N3. The minimum absolute atomic E-state index is 0.737. The first-order valence-electron chi connectivity index (χ1n) is 6.78. The molecule has 94 valence electrons. The van der Waals surface area contributed by atoms with Gasteiger partial charge in [0.15, 0.2) is 5.82 Å². The molecule has 0 fully saturated rings. The molecule has 3 nitrogen and oxygen atoms in total. The van der Waals surface area contributed by atoms with Crippen molar-refractivity contribution in [2.24, 2.45) is 5.92 Å². The van der Waals surface area contributed by atoms with Crippen LogP contribution in [0, 0.1) is 5.92 Å². The first kappa shape index (κ1) is 11.5. The number of hydrogen-bond donors (Lipinski definition) is 0. The molecule has 0 N–H and O–H groups in total. The Kier molecular flexibility index (Phi) is 3.13. The van der Waals surface area contributed by atoms with E-state index in [1.807, 2.05) is 0 Å². The van der Waals surface area contributed by atoms with Crippen LogP contribution in [0.5, 0.6) is 0 Å². The quantitative estimate of drug-likeness (QED) is 0.827. The first-order valence-corrected chi connectivity index (χ1v) is 6.78. The highest BCUT2D eigenvalue weighted by atomic mass is 15.4. The normalized spacial score (nSPS) is 18.6. The Bertz CT molecular complexity index is 516. The molecule has 3 rings (SSSR count). The second-order valence-electron chi connectivity index (χ2n) is 5.26. The maximum atomic E-state index is 4.65. The van der Waals surface area contributed by atoms with Gasteiger partial charge in [0.2, 0.25) is 0 Å². The van der Waals surface area contributed by atoms with Crippen LogP contribution in [-0.2, 0) is 25.8 Å². The molecule has 0 aliphatic carbocycles. The summed E-state index contributed by atoms with van der Waals surface area (Å²) in [6.07, 6.45) is 4.30. The Morgan fingerprint density at radius 2 is 2.06 bits per heavy atom. The summed E-state index contributed by atoms with van der Waals surface area (Å²) in [6.45, 7) is 3.32. The molecule has 0 spiro atoms. The van der Waals surface area contributed by atoms with Crippen LogP contribution in [0.2, 0.25) is 0 Å². The fourth-order valence-electron chi connectivity index (χ4n) is 2.53. The number of fused-ring (bicyclic) bond motifs is 1. The molecule has 18 heavy (non-hydrogen) atoms. The highest BCUT2D eigenvalue weighted by Crippen LogP contribution is 2.17. The third kappa shape index (κ3) is 2.45. The van der Waals surface area contributed by atoms with Gasteiger partial charge in [0.05, 0.1) is 0 Å². The highest BCUT2D eigenvalue weighted by molar-refractivity contribution is 5.15. The predicted molar refractivity (Wildman–Crippen MR) is 71.4 cm³/mol. The lowest BCUT2D eigenvalue weighted by Crippen LogP contribution is -2.18. The van der Waals surface area contributed by atoms with Crippen LogP contribution < -0.4 is 0 Å². The van der Waals surface area contributed by atoms with E-state index in [1.54, 1.807) is 0 Å². The molecule has 2 heterocycles. The molecule has 1 aliphatic heterocycles. The standard InChI is InChI=1S/C15H19N3/c1-12-7-10-15-16-14(17-18(15)11-12)9-8-13-5-3-2-4-6-13/h2-6,12H,7-11H2,1H3. The van der Waals surface area contributed by atoms with Gasteiger partial charge in [-0.2, -0.15) is 5.10 Å². The number of hydrogen-bond acceptors (Lipinski definition) is 2. The van der Waals surface area contributed by atoms with Gasteiger partial charge in [0.25, 0.3) is 0 Å². The van der Waals surface area contributed by atoms with Gasteiger partial charge in [0.1, 0.15) is 5.82 Å². The minimum atomic E-state index is 0.737. The summed E-state index contributed by atoms with van der Waals surface area (Å²) in [4.78, 5) is 4.65. The smallest absolute Gasteiger partial charge is 0.151 e. The predicted octanol–water partition coefficient (Wildman–Crippen LogP) is 2.65. The maximum absolute atomic E-state index is 4.65. The van der Waals surface area contributed by atoms with E-state index in [0.29, 0.717) is 0 Å². The van der Waals surface area contributed by atoms with Gasteiger partial charge >= 0.3 is 0 Å². The van der Waals surface area contributed by atoms with Crippen molar-refractivity contribution in [3.63, 3.8) is 0 Å². The topological polar surface area (TPSA) is 30.7 Å². The second kappa shape index (κ2) is 4.92. The summed E-state index contributed by atoms with van der Waals surface area (Å²) >= 11 is 0. The van der Waals surface area contributed by atoms with E-state index in [-0.39, 0.29) is 0 Å². The van der Waals surface area contributed by atoms with E-state index in [1.165, 1.54) is 17.8 Å². The summed E-state index contributed by atoms with van der Waals surface area (Å²) < 4.78 is 2.11. The van der Waals surface area contributed by atoms with Gasteiger partial charge in [-0.25, -0.2) is 9.67 Å². The molecule has 1 aliphatic rings. The number of aromatic nitrogens is 3. The van der Waals surface area contributed by atoms with Gasteiger partial charge in [-0.15, -0.1) is 0 Å². The highest BCUT2D eigenvalue weighted by Gasteiger charge is 2.18. The Labute approximate surface area is 108 Å². The van der Waals surface area contributed by atoms with E-state index in [0.717, 1.165) is 37.5 Å². The van der Waals surface area contributed by atoms with Crippen LogP contribution in [0.15, 0.2) is 30.3 Å². The minimum Gasteiger partial charge on any atom is -0.250 e. The maximum Gasteiger partial charge on any atom is 0.151 e. The van der Waals surface area contributed by atoms with Crippen molar-refractivity contribution in [3.05, 3.63) is 47.5 Å². The summed E-state index contributed by atoms with van der Waals surface area (Å²) in [6, 6.07) is 10.6. The van der Waals surface area contributed by atoms with Crippen LogP contribution in [0.25, 0.3) is 0 Å². The van der Waals surface area contributed by atoms with Gasteiger partial charge in [-0.3, -0.25) is 0 Å². The summed E-state index contributed by atoms with van der Waals surface area (Å²) in [7, 11) is 0. The Balaban J connectivity index is 1.67. The van der Waals surface area contributed by atoms with E-state index in [9.17, 15) is 0 Å². The van der Waals surface area contributed by atoms with Gasteiger partial charge in [-0.1, -0.05) is 37.3 Å². The molecule has 2 aromatic rings. The zero-order chi connectivity index (χ0) is 12.4. The first-order chi connectivity index (χ1) is 8.81. The molecule has 1 aromatic heterocycles. The van der Waals surface area contributed by atoms with Crippen LogP contribution in [-0.4, -0.2) is 14.8 Å². The van der Waals surface area contributed by atoms with E-state index in [2.05, 4.69) is 52.0 Å². The molecule has 3 heteroatoms. The van der Waals surface area contributed by atoms with Crippen LogP contribution >= 0.6 is 0 Å². The van der Waals surface area contributed by atoms with Crippen molar-refractivity contribution < 1.29 is 0 Å². The van der Waals surface area contributed by atoms with Crippen molar-refractivity contribution in [1.29, 1.82) is 0 Å². The third-order valence-electron chi connectivity index (χ3n) is 3.62. The molecule has 0 saturated carbocycles. The van der Waals surface area contributed by atoms with Crippen molar-refractivity contribution in [3.8, 4) is 0 Å². The average molecular weight is 241 g/mol. The molecule has 0 amide bonds. The fraction of sp³-hybridized carbons (Fsp3) is 0.467. The Hall–Kier alpha value is -1.64. The molecule has 0 radical (unpaired) electrons. The lowest BCUT2D eigenvalue weighted by molar-refractivity contribution is 0.367. The molecule has 1 atom stereocenters. The fourth-order valence-corrected chi connectivity index (χ4v) is 2.53. The van der Waals surface area contributed by atoms with Crippen LogP contribution in [0.3, 0.4) is 0 Å². The van der Waals surface area contributed by atoms with Crippen molar-refractivity contribution in [2.45, 2.75) is 39.2 Å². The van der Waals surface area contributed by atoms with Crippen molar-refractivity contribution in [1.82, 2.24) is 14.8 Å². The average Bonchev–Trinajstić information content (AvgIpc) is 2.79. The monoisotopic (exact) mass is 241 g/mol. The van der Waals surface area contributed by atoms with Gasteiger partial charge in [-0.05, 0) is 24.3 Å². The van der Waals surface area contributed by atoms with Gasteiger partial charge < -0.3 is 0 Å². The molecule has 0 saturated heterocycles. The van der Waals surface area contributed by atoms with E-state index < -0.39 is 0 Å². The number of aryl methyl sites for hydroxylation is 3. The Morgan fingerprint density at radius 3 is 2.89 bits per heavy atom. The summed E-state index contributed by atoms with van der Waals surface area (Å²) in [5.74, 6) is 2.92. The van der Waals surface area contributed by atoms with Crippen molar-refractivity contribution in [2.75, 3.05) is 0 Å². The van der Waals surface area contributed by atoms with Gasteiger partial charge in [0, 0.05) is 19.4 Å². The number of benzene rings is 1. The third-order valence-corrected chi connectivity index (χ3v) is 3.62. The number of rotatable bonds is 3. The summed E-state index contributed by atoms with van der Waals surface area (Å²) in [5.41, 5.74) is 1.36. The van der Waals surface area contributed by atoms with Crippen LogP contribution in [0.4, 0.5) is 0 Å². The Morgan fingerprint density at radius 1 is 1.22 bits per heavy atom. The van der Waals surface area contributed by atoms with Crippen molar-refractivity contribution >= 4 is 0 Å². The van der Waals surface area contributed by atoms with E-state index >= 15 is 0 Å². The zero-order valence-electron chi connectivity index (χ0n) is 10.8. The second-order valence-corrected chi connectivity index (χ2v) is 5.26. The largest absolute Gasteiger partial charge is 0.250 e. The van der Waals surface area contributed by atoms with E-state index in [4.69, 9.17) is 0 Å². The zero-order valence-corrected chi connectivity index (χ0v) is 10.8. The van der Waals surface area contributed by atoms with Crippen LogP contribution in [0.1, 0.15) is 30.6 Å². The lowest BCUT2D eigenvalue weighted by atomic mass is 10.0. The lowest BCUT2D eigenvalue weighted by Gasteiger charge is -2.17. The summed E-state index contributed by atoms with van der Waals surface area (Å²) in [5, 5.41) is 4.62. The molecular weight excluding hydrogens is 222 g/mol. The molecule has 1 unspecified atom stereocenters.